The van der Waals surface area contributed by atoms with Crippen molar-refractivity contribution in [2.75, 3.05) is 37.3 Å². The molecule has 0 saturated heterocycles. The quantitative estimate of drug-likeness (QED) is 0.131. The molecule has 0 bridgehead atoms. The van der Waals surface area contributed by atoms with Gasteiger partial charge in [0, 0.05) is 43.5 Å². The Kier molecular flexibility index (Phi) is 13.4. The lowest BCUT2D eigenvalue weighted by Crippen LogP contribution is -2.62. The minimum atomic E-state index is -0.981. The highest BCUT2D eigenvalue weighted by molar-refractivity contribution is 7.98. The van der Waals surface area contributed by atoms with Crippen molar-refractivity contribution in [2.24, 2.45) is 63.6 Å². The normalized spacial score (nSPS) is 42.3. The lowest BCUT2D eigenvalue weighted by atomic mass is 9.43. The first-order valence-electron chi connectivity index (χ1n) is 25.6. The first-order valence-corrected chi connectivity index (χ1v) is 27.0. The van der Waals surface area contributed by atoms with Gasteiger partial charge in [0.1, 0.15) is 5.60 Å². The number of benzene rings is 1. The average molecular weight is 910 g/mol. The number of carboxylic acid groups (broad SMARTS) is 1. The zero-order valence-electron chi connectivity index (χ0n) is 40.6. The van der Waals surface area contributed by atoms with Crippen LogP contribution in [-0.2, 0) is 19.1 Å². The Bertz CT molecular complexity index is 2090. The van der Waals surface area contributed by atoms with E-state index in [0.717, 1.165) is 90.0 Å². The van der Waals surface area contributed by atoms with E-state index in [1.165, 1.54) is 22.4 Å². The summed E-state index contributed by atoms with van der Waals surface area (Å²) in [5, 5.41) is 33.8. The Morgan fingerprint density at radius 3 is 2.49 bits per heavy atom. The van der Waals surface area contributed by atoms with E-state index < -0.39 is 11.6 Å². The number of ether oxygens (including phenoxy) is 2. The molecule has 0 amide bonds. The molecule has 65 heavy (non-hydrogen) atoms. The third-order valence-corrected chi connectivity index (χ3v) is 20.8. The van der Waals surface area contributed by atoms with Crippen molar-refractivity contribution in [3.63, 3.8) is 0 Å². The fraction of sp³-hybridized carbons (Fsp3) is 0.750. The number of thioether (sulfide) groups is 1. The van der Waals surface area contributed by atoms with Crippen LogP contribution in [0.3, 0.4) is 0 Å². The summed E-state index contributed by atoms with van der Waals surface area (Å²) in [7, 11) is 2.17. The monoisotopic (exact) mass is 910 g/mol. The van der Waals surface area contributed by atoms with Crippen LogP contribution in [0.15, 0.2) is 47.1 Å². The van der Waals surface area contributed by atoms with Gasteiger partial charge in [0.15, 0.2) is 5.78 Å². The van der Waals surface area contributed by atoms with Gasteiger partial charge < -0.3 is 29.7 Å². The van der Waals surface area contributed by atoms with Gasteiger partial charge in [0.25, 0.3) is 0 Å². The molecule has 0 heterocycles. The number of carboxylic acids is 1. The predicted octanol–water partition coefficient (Wildman–Crippen LogP) is 10.6. The lowest BCUT2D eigenvalue weighted by Gasteiger charge is -2.64. The van der Waals surface area contributed by atoms with Crippen LogP contribution in [0.1, 0.15) is 149 Å². The summed E-state index contributed by atoms with van der Waals surface area (Å²) in [4.78, 5) is 26.4. The molecule has 0 radical (unpaired) electrons. The van der Waals surface area contributed by atoms with Gasteiger partial charge in [-0.05, 0) is 196 Å². The highest BCUT2D eigenvalue weighted by Gasteiger charge is 2.67. The highest BCUT2D eigenvalue weighted by atomic mass is 32.2. The van der Waals surface area contributed by atoms with Crippen molar-refractivity contribution in [3.05, 3.63) is 52.6 Å². The summed E-state index contributed by atoms with van der Waals surface area (Å²) in [5.41, 5.74) is 5.36. The molecule has 8 aliphatic carbocycles. The van der Waals surface area contributed by atoms with E-state index in [0.29, 0.717) is 66.8 Å². The van der Waals surface area contributed by atoms with E-state index in [2.05, 4.69) is 82.0 Å². The van der Waals surface area contributed by atoms with E-state index in [1.54, 1.807) is 17.3 Å². The maximum absolute atomic E-state index is 12.6. The maximum Gasteiger partial charge on any atom is 0.303 e. The number of hydrogen-bond donors (Lipinski definition) is 3. The number of anilines is 1. The SMILES string of the molecule is CC#C[C@@]1(O)CCC2C3CCC4=CC(=O)CCC4=C3[C@H](c3ccc(N(C)CCO[C@H]4CC[C@@]5(C)[C@@H](C4)C[C@@H](OCSC)[C@@H]4[C@@H]5C[C@H](O)[C@]5(C)[C@@H]([C@H](C)CCC(=O)O)CC[C@@H]45)cc3)C[C@@]21C. The molecule has 2 unspecified atom stereocenters. The number of ketones is 1. The molecule has 9 heteroatoms. The molecule has 8 aliphatic rings. The molecule has 356 valence electrons. The van der Waals surface area contributed by atoms with Gasteiger partial charge in [-0.25, -0.2) is 0 Å². The molecular formula is C56H79NO7S. The second kappa shape index (κ2) is 18.4. The number of likely N-dealkylation sites (N-methyl/N-ethyl adjacent to an activating group) is 1. The van der Waals surface area contributed by atoms with Crippen molar-refractivity contribution in [2.45, 2.75) is 167 Å². The number of hydrogen-bond acceptors (Lipinski definition) is 8. The van der Waals surface area contributed by atoms with Crippen molar-refractivity contribution < 1.29 is 34.4 Å². The number of carbonyl (C=O) groups excluding carboxylic acids is 1. The summed E-state index contributed by atoms with van der Waals surface area (Å²) in [6.07, 6.45) is 18.2. The second-order valence-electron chi connectivity index (χ2n) is 23.1. The van der Waals surface area contributed by atoms with Gasteiger partial charge in [0.05, 0.1) is 30.9 Å². The number of aliphatic hydroxyl groups excluding tert-OH is 1. The van der Waals surface area contributed by atoms with Gasteiger partial charge in [0.2, 0.25) is 0 Å². The van der Waals surface area contributed by atoms with E-state index in [4.69, 9.17) is 9.47 Å². The van der Waals surface area contributed by atoms with Crippen LogP contribution in [0.2, 0.25) is 0 Å². The predicted molar refractivity (Wildman–Crippen MR) is 259 cm³/mol. The number of aliphatic hydroxyl groups is 2. The van der Waals surface area contributed by atoms with Crippen LogP contribution in [0, 0.1) is 75.4 Å². The topological polar surface area (TPSA) is 117 Å². The number of allylic oxidation sites excluding steroid dienone is 4. The molecule has 6 fully saturated rings. The molecule has 1 aromatic carbocycles. The molecule has 0 aliphatic heterocycles. The average Bonchev–Trinajstić information content (AvgIpc) is 3.78. The number of aliphatic carboxylic acids is 1. The molecule has 6 saturated carbocycles. The minimum Gasteiger partial charge on any atom is -0.481 e. The summed E-state index contributed by atoms with van der Waals surface area (Å²) in [6.45, 7) is 12.7. The van der Waals surface area contributed by atoms with E-state index >= 15 is 0 Å². The lowest BCUT2D eigenvalue weighted by molar-refractivity contribution is -0.215. The first kappa shape index (κ1) is 47.5. The summed E-state index contributed by atoms with van der Waals surface area (Å²) in [6, 6.07) is 9.18. The van der Waals surface area contributed by atoms with Gasteiger partial charge in [-0.2, -0.15) is 0 Å². The maximum atomic E-state index is 12.6. The molecule has 9 rings (SSSR count). The fourth-order valence-corrected chi connectivity index (χ4v) is 17.3. The molecular weight excluding hydrogens is 831 g/mol. The van der Waals surface area contributed by atoms with Crippen LogP contribution < -0.4 is 4.90 Å². The van der Waals surface area contributed by atoms with E-state index in [-0.39, 0.29) is 58.6 Å². The number of rotatable bonds is 13. The van der Waals surface area contributed by atoms with Crippen LogP contribution in [0.5, 0.6) is 0 Å². The Labute approximate surface area is 394 Å². The molecule has 8 nitrogen and oxygen atoms in total. The van der Waals surface area contributed by atoms with Crippen molar-refractivity contribution >= 4 is 29.2 Å². The molecule has 0 aromatic heterocycles. The van der Waals surface area contributed by atoms with Gasteiger partial charge >= 0.3 is 5.97 Å². The summed E-state index contributed by atoms with van der Waals surface area (Å²) in [5.74, 6) is 9.89. The van der Waals surface area contributed by atoms with Crippen LogP contribution in [0.25, 0.3) is 0 Å². The Hall–Kier alpha value is -2.61. The molecule has 0 spiro atoms. The number of fused-ring (bicyclic) bond motifs is 9. The first-order chi connectivity index (χ1) is 31.1. The van der Waals surface area contributed by atoms with Crippen molar-refractivity contribution in [3.8, 4) is 11.8 Å². The van der Waals surface area contributed by atoms with Crippen LogP contribution in [0.4, 0.5) is 5.69 Å². The Morgan fingerprint density at radius 1 is 0.969 bits per heavy atom. The summed E-state index contributed by atoms with van der Waals surface area (Å²) < 4.78 is 13.6. The fourth-order valence-electron chi connectivity index (χ4n) is 16.9. The van der Waals surface area contributed by atoms with E-state index in [9.17, 15) is 24.9 Å². The largest absolute Gasteiger partial charge is 0.481 e. The summed E-state index contributed by atoms with van der Waals surface area (Å²) >= 11 is 1.75. The van der Waals surface area contributed by atoms with Crippen LogP contribution in [-0.4, -0.2) is 83.4 Å². The Morgan fingerprint density at radius 2 is 1.75 bits per heavy atom. The molecule has 16 atom stereocenters. The van der Waals surface area contributed by atoms with Crippen molar-refractivity contribution in [1.29, 1.82) is 0 Å². The van der Waals surface area contributed by atoms with Crippen LogP contribution >= 0.6 is 11.8 Å². The smallest absolute Gasteiger partial charge is 0.303 e. The zero-order chi connectivity index (χ0) is 46.1. The second-order valence-corrected chi connectivity index (χ2v) is 23.9. The molecule has 1 aromatic rings. The van der Waals surface area contributed by atoms with Gasteiger partial charge in [-0.15, -0.1) is 17.7 Å². The standard InChI is InChI=1S/C56H79NO7S/c1-8-23-56(62)25-22-45-42-16-12-36-28-39(58)15-17-41(36)51(42)43(32-54(45,56)4)35-10-13-38(14-11-35)57(6)26-27-63-40-21-24-53(3)37(29-40)30-48(64-33-65-7)52-46-19-18-44(34(2)9-20-50(60)61)55(46,5)49(59)31-47(52)53/h10-11,13-14,28,34,37,40,42-49,52,59,62H,9,12,15-22,24-27,29-33H2,1-7H3,(H,60,61)/t34-,37+,40+,42?,43+,44-,45?,46+,47+,48-,49+,52+,53+,54+,55-,56-/m1/s1. The number of nitrogens with zero attached hydrogens (tertiary/aromatic N) is 1. The highest BCUT2D eigenvalue weighted by Crippen LogP contribution is 2.70. The third kappa shape index (κ3) is 8.11. The van der Waals surface area contributed by atoms with Crippen molar-refractivity contribution in [1.82, 2.24) is 0 Å². The number of carbonyl (C=O) groups is 2. The minimum absolute atomic E-state index is 0.134. The zero-order valence-corrected chi connectivity index (χ0v) is 41.4. The third-order valence-electron chi connectivity index (χ3n) is 20.4. The van der Waals surface area contributed by atoms with Gasteiger partial charge in [-0.1, -0.05) is 51.3 Å². The Balaban J connectivity index is 0.860. The van der Waals surface area contributed by atoms with E-state index in [1.807, 2.05) is 13.0 Å². The molecule has 3 N–H and O–H groups in total. The van der Waals surface area contributed by atoms with Gasteiger partial charge in [-0.3, -0.25) is 9.59 Å².